The maximum absolute atomic E-state index is 12.7. The van der Waals surface area contributed by atoms with Crippen molar-refractivity contribution in [2.75, 3.05) is 0 Å². The van der Waals surface area contributed by atoms with Gasteiger partial charge in [-0.25, -0.2) is 0 Å². The molecule has 128 valence electrons. The zero-order chi connectivity index (χ0) is 17.5. The molecule has 1 saturated heterocycles. The lowest BCUT2D eigenvalue weighted by molar-refractivity contribution is -0.203. The number of fused-ring (bicyclic) bond motifs is 5. The minimum Gasteiger partial charge on any atom is -0.272 e. The molecule has 5 unspecified atom stereocenters. The second-order valence-electron chi connectivity index (χ2n) is 5.88. The number of carbonyl (C=O) groups is 2. The predicted molar refractivity (Wildman–Crippen MR) is 90.0 cm³/mol. The fourth-order valence-electron chi connectivity index (χ4n) is 3.33. The van der Waals surface area contributed by atoms with Gasteiger partial charge in [0.15, 0.2) is 4.33 Å². The van der Waals surface area contributed by atoms with Crippen molar-refractivity contribution in [2.24, 2.45) is 11.8 Å². The number of imide groups is 1. The van der Waals surface area contributed by atoms with E-state index in [0.717, 1.165) is 0 Å². The van der Waals surface area contributed by atoms with E-state index >= 15 is 0 Å². The van der Waals surface area contributed by atoms with Gasteiger partial charge in [0.25, 0.3) is 11.8 Å². The first kappa shape index (κ1) is 18.4. The lowest BCUT2D eigenvalue weighted by Crippen LogP contribution is -2.50. The normalized spacial score (nSPS) is 42.7. The van der Waals surface area contributed by atoms with Crippen LogP contribution >= 0.6 is 69.6 Å². The molecular weight excluding hydrogens is 431 g/mol. The first-order chi connectivity index (χ1) is 10.5. The predicted octanol–water partition coefficient (Wildman–Crippen LogP) is 4.16. The van der Waals surface area contributed by atoms with Gasteiger partial charge >= 0.3 is 0 Å². The van der Waals surface area contributed by atoms with Crippen LogP contribution in [0.3, 0.4) is 0 Å². The lowest BCUT2D eigenvalue weighted by atomic mass is 9.84. The summed E-state index contributed by atoms with van der Waals surface area (Å²) in [6.07, 6.45) is 0.242. The summed E-state index contributed by atoms with van der Waals surface area (Å²) in [6.45, 7) is 3.58. The van der Waals surface area contributed by atoms with Crippen LogP contribution in [0.2, 0.25) is 0 Å². The van der Waals surface area contributed by atoms with Gasteiger partial charge in [-0.05, 0) is 13.3 Å². The Bertz CT molecular complexity index is 606. The SMILES string of the molecule is CCC(C)ON1C(=O)C2C(C1=O)C1(Cl)C(Cl)=C(Cl)C2(Cl)C1(Cl)Cl. The molecule has 1 saturated carbocycles. The smallest absolute Gasteiger partial charge is 0.259 e. The largest absolute Gasteiger partial charge is 0.272 e. The van der Waals surface area contributed by atoms with Crippen molar-refractivity contribution in [3.63, 3.8) is 0 Å². The highest BCUT2D eigenvalue weighted by Gasteiger charge is 2.87. The van der Waals surface area contributed by atoms with E-state index in [9.17, 15) is 9.59 Å². The number of hydroxylamine groups is 2. The van der Waals surface area contributed by atoms with Crippen LogP contribution in [0, 0.1) is 11.8 Å². The van der Waals surface area contributed by atoms with Gasteiger partial charge in [0.2, 0.25) is 0 Å². The Kier molecular flexibility index (Phi) is 4.23. The number of halogens is 6. The molecule has 1 aliphatic heterocycles. The van der Waals surface area contributed by atoms with Crippen LogP contribution in [0.5, 0.6) is 0 Å². The van der Waals surface area contributed by atoms with E-state index in [2.05, 4.69) is 0 Å². The Balaban J connectivity index is 2.13. The summed E-state index contributed by atoms with van der Waals surface area (Å²) in [7, 11) is 0. The number of allylic oxidation sites excluding steroid dienone is 2. The molecule has 0 aromatic carbocycles. The van der Waals surface area contributed by atoms with Gasteiger partial charge in [-0.15, -0.1) is 23.2 Å². The summed E-state index contributed by atoms with van der Waals surface area (Å²) in [5, 5.41) is 0.447. The van der Waals surface area contributed by atoms with Crippen LogP contribution in [0.25, 0.3) is 0 Å². The number of amides is 2. The van der Waals surface area contributed by atoms with E-state index in [1.807, 2.05) is 6.92 Å². The van der Waals surface area contributed by atoms with Crippen molar-refractivity contribution in [3.8, 4) is 0 Å². The number of rotatable bonds is 3. The molecule has 23 heavy (non-hydrogen) atoms. The van der Waals surface area contributed by atoms with Gasteiger partial charge in [0, 0.05) is 0 Å². The van der Waals surface area contributed by atoms with E-state index in [-0.39, 0.29) is 16.2 Å². The molecule has 0 aromatic rings. The molecule has 2 amide bonds. The zero-order valence-electron chi connectivity index (χ0n) is 11.9. The van der Waals surface area contributed by atoms with Crippen molar-refractivity contribution in [1.82, 2.24) is 5.06 Å². The number of carbonyl (C=O) groups excluding carboxylic acids is 2. The monoisotopic (exact) mass is 439 g/mol. The lowest BCUT2D eigenvalue weighted by Gasteiger charge is -2.34. The van der Waals surface area contributed by atoms with Crippen LogP contribution < -0.4 is 0 Å². The zero-order valence-corrected chi connectivity index (χ0v) is 16.4. The fourth-order valence-corrected chi connectivity index (χ4v) is 6.26. The molecule has 0 N–H and O–H groups in total. The van der Waals surface area contributed by atoms with Gasteiger partial charge < -0.3 is 0 Å². The van der Waals surface area contributed by atoms with Crippen molar-refractivity contribution >= 4 is 81.4 Å². The maximum Gasteiger partial charge on any atom is 0.259 e. The van der Waals surface area contributed by atoms with Crippen LogP contribution in [-0.2, 0) is 14.4 Å². The van der Waals surface area contributed by atoms with Crippen LogP contribution in [-0.4, -0.2) is 37.1 Å². The molecule has 3 rings (SSSR count). The summed E-state index contributed by atoms with van der Waals surface area (Å²) in [6, 6.07) is 0. The van der Waals surface area contributed by atoms with Gasteiger partial charge in [-0.3, -0.25) is 14.4 Å². The molecule has 2 aliphatic carbocycles. The van der Waals surface area contributed by atoms with Crippen molar-refractivity contribution in [1.29, 1.82) is 0 Å². The molecule has 0 spiro atoms. The van der Waals surface area contributed by atoms with Crippen molar-refractivity contribution in [2.45, 2.75) is 40.5 Å². The van der Waals surface area contributed by atoms with Crippen molar-refractivity contribution < 1.29 is 14.4 Å². The highest BCUT2D eigenvalue weighted by Crippen LogP contribution is 2.77. The summed E-state index contributed by atoms with van der Waals surface area (Å²) < 4.78 is -1.92. The van der Waals surface area contributed by atoms with Crippen molar-refractivity contribution in [3.05, 3.63) is 10.1 Å². The average molecular weight is 442 g/mol. The number of hydrogen-bond acceptors (Lipinski definition) is 3. The van der Waals surface area contributed by atoms with Gasteiger partial charge in [-0.1, -0.05) is 53.3 Å². The van der Waals surface area contributed by atoms with E-state index < -0.39 is 37.7 Å². The fraction of sp³-hybridized carbons (Fsp3) is 0.692. The molecule has 1 heterocycles. The van der Waals surface area contributed by atoms with Gasteiger partial charge in [0.05, 0.1) is 28.0 Å². The van der Waals surface area contributed by atoms with E-state index in [0.29, 0.717) is 11.5 Å². The van der Waals surface area contributed by atoms with Crippen LogP contribution in [0.15, 0.2) is 10.1 Å². The van der Waals surface area contributed by atoms with E-state index in [1.165, 1.54) is 0 Å². The highest BCUT2D eigenvalue weighted by atomic mass is 35.5. The number of alkyl halides is 4. The number of hydrogen-bond donors (Lipinski definition) is 0. The first-order valence-corrected chi connectivity index (χ1v) is 9.11. The standard InChI is InChI=1S/C13H11Cl6NO3/c1-3-4(2)23-20-9(21)5-6(10(20)22)12(17)8(15)7(14)11(5,16)13(12,18)19/h4-6H,3H2,1-2H3. The third kappa shape index (κ3) is 1.82. The summed E-state index contributed by atoms with van der Waals surface area (Å²) in [5.41, 5.74) is 0. The summed E-state index contributed by atoms with van der Waals surface area (Å²) in [5.74, 6) is -3.65. The van der Waals surface area contributed by atoms with Gasteiger partial charge in [-0.2, -0.15) is 5.06 Å². The summed E-state index contributed by atoms with van der Waals surface area (Å²) in [4.78, 5) is 27.3. The quantitative estimate of drug-likeness (QED) is 0.488. The topological polar surface area (TPSA) is 46.6 Å². The molecule has 2 fully saturated rings. The Labute approximate surface area is 162 Å². The van der Waals surface area contributed by atoms with E-state index in [4.69, 9.17) is 74.4 Å². The van der Waals surface area contributed by atoms with Crippen LogP contribution in [0.1, 0.15) is 20.3 Å². The van der Waals surface area contributed by atoms with E-state index in [1.54, 1.807) is 6.92 Å². The molecule has 4 nitrogen and oxygen atoms in total. The minimum absolute atomic E-state index is 0.117. The molecular formula is C13H11Cl6NO3. The third-order valence-corrected chi connectivity index (χ3v) is 8.99. The molecule has 5 atom stereocenters. The Morgan fingerprint density at radius 2 is 1.43 bits per heavy atom. The number of nitrogens with zero attached hydrogens (tertiary/aromatic N) is 1. The first-order valence-electron chi connectivity index (χ1n) is 6.84. The Morgan fingerprint density at radius 3 is 1.78 bits per heavy atom. The molecule has 0 aromatic heterocycles. The molecule has 3 aliphatic rings. The van der Waals surface area contributed by atoms with Gasteiger partial charge in [0.1, 0.15) is 9.75 Å². The van der Waals surface area contributed by atoms with Crippen LogP contribution in [0.4, 0.5) is 0 Å². The average Bonchev–Trinajstić information content (AvgIpc) is 2.86. The Hall–Kier alpha value is 0.580. The summed E-state index contributed by atoms with van der Waals surface area (Å²) >= 11 is 38.1. The Morgan fingerprint density at radius 1 is 1.04 bits per heavy atom. The second-order valence-corrected chi connectivity index (χ2v) is 9.15. The second kappa shape index (κ2) is 5.29. The highest BCUT2D eigenvalue weighted by molar-refractivity contribution is 6.66. The molecule has 10 heteroatoms. The minimum atomic E-state index is -1.92. The maximum atomic E-state index is 12.7. The third-order valence-electron chi connectivity index (χ3n) is 4.73. The molecule has 2 bridgehead atoms. The molecule has 0 radical (unpaired) electrons.